The van der Waals surface area contributed by atoms with Crippen molar-refractivity contribution in [3.8, 4) is 27.9 Å². The van der Waals surface area contributed by atoms with Crippen molar-refractivity contribution in [1.29, 1.82) is 0 Å². The standard InChI is InChI=1S/C48H36N2/c1-33-19-29-46-44(31-33)45-32-34(2)20-30-47(45)50(46)41-27-25-40(26-28-41)49(38-15-7-4-8-16-38)39-23-21-36(22-24-39)43-18-10-14-37-13-9-17-42(48(37)43)35-11-5-3-6-12-35/h3-32H,1-2H3. The van der Waals surface area contributed by atoms with Crippen LogP contribution in [0.3, 0.4) is 0 Å². The van der Waals surface area contributed by atoms with E-state index < -0.39 is 0 Å². The highest BCUT2D eigenvalue weighted by molar-refractivity contribution is 6.10. The van der Waals surface area contributed by atoms with Crippen molar-refractivity contribution in [3.05, 3.63) is 193 Å². The molecule has 238 valence electrons. The number of para-hydroxylation sites is 1. The van der Waals surface area contributed by atoms with Crippen LogP contribution in [0, 0.1) is 13.8 Å². The fourth-order valence-electron chi connectivity index (χ4n) is 7.53. The van der Waals surface area contributed by atoms with E-state index in [9.17, 15) is 0 Å². The van der Waals surface area contributed by atoms with Crippen LogP contribution in [0.25, 0.3) is 60.5 Å². The highest BCUT2D eigenvalue weighted by Crippen LogP contribution is 2.40. The van der Waals surface area contributed by atoms with Gasteiger partial charge in [-0.3, -0.25) is 0 Å². The lowest BCUT2D eigenvalue weighted by Gasteiger charge is -2.26. The van der Waals surface area contributed by atoms with Crippen LogP contribution in [0.2, 0.25) is 0 Å². The predicted molar refractivity (Wildman–Crippen MR) is 213 cm³/mol. The Kier molecular flexibility index (Phi) is 7.29. The number of hydrogen-bond acceptors (Lipinski definition) is 1. The molecule has 8 aromatic carbocycles. The van der Waals surface area contributed by atoms with Gasteiger partial charge < -0.3 is 9.47 Å². The van der Waals surface area contributed by atoms with Gasteiger partial charge in [-0.2, -0.15) is 0 Å². The molecule has 0 unspecified atom stereocenters. The van der Waals surface area contributed by atoms with E-state index in [0.717, 1.165) is 22.7 Å². The van der Waals surface area contributed by atoms with Crippen LogP contribution in [-0.2, 0) is 0 Å². The molecule has 1 heterocycles. The third kappa shape index (κ3) is 5.14. The maximum Gasteiger partial charge on any atom is 0.0541 e. The van der Waals surface area contributed by atoms with E-state index in [4.69, 9.17) is 0 Å². The minimum Gasteiger partial charge on any atom is -0.311 e. The second-order valence-electron chi connectivity index (χ2n) is 13.2. The summed E-state index contributed by atoms with van der Waals surface area (Å²) in [6.45, 7) is 4.34. The van der Waals surface area contributed by atoms with Crippen LogP contribution in [0.1, 0.15) is 11.1 Å². The maximum absolute atomic E-state index is 2.39. The first kappa shape index (κ1) is 29.7. The van der Waals surface area contributed by atoms with Gasteiger partial charge in [0.25, 0.3) is 0 Å². The molecule has 2 nitrogen and oxygen atoms in total. The smallest absolute Gasteiger partial charge is 0.0541 e. The molecular formula is C48H36N2. The van der Waals surface area contributed by atoms with Crippen molar-refractivity contribution in [2.75, 3.05) is 4.90 Å². The summed E-state index contributed by atoms with van der Waals surface area (Å²) in [5, 5.41) is 5.11. The molecule has 9 aromatic rings. The summed E-state index contributed by atoms with van der Waals surface area (Å²) < 4.78 is 2.39. The van der Waals surface area contributed by atoms with Crippen LogP contribution >= 0.6 is 0 Å². The van der Waals surface area contributed by atoms with E-state index in [0.29, 0.717) is 0 Å². The summed E-state index contributed by atoms with van der Waals surface area (Å²) >= 11 is 0. The van der Waals surface area contributed by atoms with Gasteiger partial charge in [-0.05, 0) is 120 Å². The Bertz CT molecular complexity index is 2570. The molecule has 50 heavy (non-hydrogen) atoms. The third-order valence-electron chi connectivity index (χ3n) is 9.88. The van der Waals surface area contributed by atoms with E-state index in [1.807, 2.05) is 0 Å². The minimum absolute atomic E-state index is 1.11. The van der Waals surface area contributed by atoms with Gasteiger partial charge in [-0.15, -0.1) is 0 Å². The van der Waals surface area contributed by atoms with Gasteiger partial charge in [-0.25, -0.2) is 0 Å². The molecule has 0 bridgehead atoms. The molecule has 0 fully saturated rings. The Balaban J connectivity index is 1.13. The second kappa shape index (κ2) is 12.3. The van der Waals surface area contributed by atoms with Crippen LogP contribution in [-0.4, -0.2) is 4.57 Å². The van der Waals surface area contributed by atoms with Crippen molar-refractivity contribution >= 4 is 49.6 Å². The van der Waals surface area contributed by atoms with Crippen LogP contribution in [0.15, 0.2) is 182 Å². The molecule has 0 radical (unpaired) electrons. The summed E-state index contributed by atoms with van der Waals surface area (Å²) in [6, 6.07) is 66.1. The zero-order valence-corrected chi connectivity index (χ0v) is 28.2. The van der Waals surface area contributed by atoms with Gasteiger partial charge in [0, 0.05) is 33.5 Å². The van der Waals surface area contributed by atoms with E-state index in [2.05, 4.69) is 205 Å². The summed E-state index contributed by atoms with van der Waals surface area (Å²) in [6.07, 6.45) is 0. The van der Waals surface area contributed by atoms with Gasteiger partial charge in [-0.1, -0.05) is 120 Å². The quantitative estimate of drug-likeness (QED) is 0.176. The highest BCUT2D eigenvalue weighted by atomic mass is 15.1. The molecular weight excluding hydrogens is 605 g/mol. The van der Waals surface area contributed by atoms with Gasteiger partial charge in [0.05, 0.1) is 11.0 Å². The SMILES string of the molecule is Cc1ccc2c(c1)c1cc(C)ccc1n2-c1ccc(N(c2ccccc2)c2ccc(-c3cccc4cccc(-c5ccccc5)c34)cc2)cc1. The molecule has 0 aliphatic carbocycles. The summed E-state index contributed by atoms with van der Waals surface area (Å²) in [4.78, 5) is 2.34. The molecule has 0 aliphatic rings. The number of aryl methyl sites for hydroxylation is 2. The van der Waals surface area contributed by atoms with Crippen LogP contribution < -0.4 is 4.90 Å². The Morgan fingerprint density at radius 1 is 0.400 bits per heavy atom. The van der Waals surface area contributed by atoms with E-state index >= 15 is 0 Å². The first-order valence-electron chi connectivity index (χ1n) is 17.3. The Morgan fingerprint density at radius 2 is 0.880 bits per heavy atom. The average molecular weight is 641 g/mol. The van der Waals surface area contributed by atoms with E-state index in [-0.39, 0.29) is 0 Å². The van der Waals surface area contributed by atoms with Gasteiger partial charge in [0.2, 0.25) is 0 Å². The van der Waals surface area contributed by atoms with Gasteiger partial charge in [0.15, 0.2) is 0 Å². The first-order chi connectivity index (χ1) is 24.6. The number of rotatable bonds is 6. The van der Waals surface area contributed by atoms with Gasteiger partial charge in [0.1, 0.15) is 0 Å². The molecule has 0 saturated heterocycles. The van der Waals surface area contributed by atoms with Crippen molar-refractivity contribution < 1.29 is 0 Å². The average Bonchev–Trinajstić information content (AvgIpc) is 3.48. The molecule has 0 saturated carbocycles. The first-order valence-corrected chi connectivity index (χ1v) is 17.3. The third-order valence-corrected chi connectivity index (χ3v) is 9.88. The lowest BCUT2D eigenvalue weighted by Crippen LogP contribution is -2.10. The number of anilines is 3. The number of aromatic nitrogens is 1. The molecule has 9 rings (SSSR count). The second-order valence-corrected chi connectivity index (χ2v) is 13.2. The minimum atomic E-state index is 1.11. The lowest BCUT2D eigenvalue weighted by molar-refractivity contribution is 1.17. The molecule has 0 spiro atoms. The zero-order valence-electron chi connectivity index (χ0n) is 28.2. The number of fused-ring (bicyclic) bond motifs is 4. The number of nitrogens with zero attached hydrogens (tertiary/aromatic N) is 2. The summed E-state index contributed by atoms with van der Waals surface area (Å²) in [7, 11) is 0. The fourth-order valence-corrected chi connectivity index (χ4v) is 7.53. The Hall–Kier alpha value is -6.38. The lowest BCUT2D eigenvalue weighted by atomic mass is 9.91. The highest BCUT2D eigenvalue weighted by Gasteiger charge is 2.17. The molecule has 0 amide bonds. The molecule has 0 aliphatic heterocycles. The zero-order chi connectivity index (χ0) is 33.6. The Morgan fingerprint density at radius 3 is 1.44 bits per heavy atom. The predicted octanol–water partition coefficient (Wildman–Crippen LogP) is 13.4. The van der Waals surface area contributed by atoms with Crippen molar-refractivity contribution in [1.82, 2.24) is 4.57 Å². The maximum atomic E-state index is 2.39. The number of hydrogen-bond donors (Lipinski definition) is 0. The van der Waals surface area contributed by atoms with E-state index in [1.54, 1.807) is 0 Å². The fraction of sp³-hybridized carbons (Fsp3) is 0.0417. The monoisotopic (exact) mass is 640 g/mol. The largest absolute Gasteiger partial charge is 0.311 e. The van der Waals surface area contributed by atoms with Gasteiger partial charge >= 0.3 is 0 Å². The molecule has 2 heteroatoms. The number of benzene rings is 8. The van der Waals surface area contributed by atoms with Crippen LogP contribution in [0.5, 0.6) is 0 Å². The molecule has 0 N–H and O–H groups in total. The topological polar surface area (TPSA) is 8.17 Å². The summed E-state index contributed by atoms with van der Waals surface area (Å²) in [5.41, 5.74) is 14.4. The molecule has 0 atom stereocenters. The summed E-state index contributed by atoms with van der Waals surface area (Å²) in [5.74, 6) is 0. The van der Waals surface area contributed by atoms with Crippen LogP contribution in [0.4, 0.5) is 17.1 Å². The van der Waals surface area contributed by atoms with Crippen molar-refractivity contribution in [3.63, 3.8) is 0 Å². The van der Waals surface area contributed by atoms with Crippen molar-refractivity contribution in [2.45, 2.75) is 13.8 Å². The normalized spacial score (nSPS) is 11.4. The van der Waals surface area contributed by atoms with Crippen molar-refractivity contribution in [2.24, 2.45) is 0 Å². The van der Waals surface area contributed by atoms with E-state index in [1.165, 1.54) is 66.0 Å². The molecule has 1 aromatic heterocycles. The Labute approximate surface area is 293 Å².